The molecule has 38 heavy (non-hydrogen) atoms. The number of aryl methyl sites for hydroxylation is 1. The third-order valence-corrected chi connectivity index (χ3v) is 6.10. The van der Waals surface area contributed by atoms with E-state index in [1.54, 1.807) is 22.9 Å². The lowest BCUT2D eigenvalue weighted by molar-refractivity contribution is 0.0775. The number of allylic oxidation sites excluding steroid dienone is 4. The highest BCUT2D eigenvalue weighted by molar-refractivity contribution is 5.92. The molecule has 0 aliphatic heterocycles. The van der Waals surface area contributed by atoms with Crippen LogP contribution in [0.15, 0.2) is 66.3 Å². The number of nitrogens with zero attached hydrogens (tertiary/aromatic N) is 4. The maximum absolute atomic E-state index is 12.5. The lowest BCUT2D eigenvalue weighted by atomic mass is 10.1. The van der Waals surface area contributed by atoms with Gasteiger partial charge in [-0.05, 0) is 72.0 Å². The average molecular weight is 513 g/mol. The number of hydrogen-bond acceptors (Lipinski definition) is 7. The second-order valence-corrected chi connectivity index (χ2v) is 9.48. The SMILES string of the molecule is C#C/C(=C\C=C(/C)Nc1c(C#N)cnn2cc(NC(=O)OCC(C)(C)N(C)C)c(C)c12)Oc1ccccc1. The zero-order chi connectivity index (χ0) is 27.9. The third kappa shape index (κ3) is 6.73. The lowest BCUT2D eigenvalue weighted by Crippen LogP contribution is -2.43. The summed E-state index contributed by atoms with van der Waals surface area (Å²) in [6, 6.07) is 11.4. The Morgan fingerprint density at radius 1 is 1.24 bits per heavy atom. The van der Waals surface area contributed by atoms with Crippen LogP contribution in [0.25, 0.3) is 5.52 Å². The van der Waals surface area contributed by atoms with Crippen molar-refractivity contribution in [2.24, 2.45) is 0 Å². The van der Waals surface area contributed by atoms with Crippen LogP contribution in [-0.4, -0.2) is 46.8 Å². The molecule has 1 amide bonds. The number of amides is 1. The number of likely N-dealkylation sites (N-methyl/N-ethyl adjacent to an activating group) is 1. The van der Waals surface area contributed by atoms with E-state index in [2.05, 4.69) is 27.7 Å². The normalized spacial score (nSPS) is 12.1. The topological polar surface area (TPSA) is 104 Å². The van der Waals surface area contributed by atoms with Crippen molar-refractivity contribution in [1.29, 1.82) is 5.26 Å². The standard InChI is InChI=1S/C29H32N6O3/c1-8-23(38-24-12-10-9-11-13-24)15-14-20(2)32-26-22(16-30)17-31-35-18-25(21(3)27(26)35)33-28(36)37-19-29(4,5)34(6)7/h1,9-15,17-18,32H,19H2,2-7H3,(H,33,36)/b20-14+,23-15+. The molecule has 196 valence electrons. The van der Waals surface area contributed by atoms with Crippen LogP contribution in [0, 0.1) is 30.6 Å². The summed E-state index contributed by atoms with van der Waals surface area (Å²) in [5, 5.41) is 20.1. The van der Waals surface area contributed by atoms with Crippen molar-refractivity contribution < 1.29 is 14.3 Å². The molecular formula is C29H32N6O3. The summed E-state index contributed by atoms with van der Waals surface area (Å²) in [5.74, 6) is 3.49. The van der Waals surface area contributed by atoms with Crippen LogP contribution in [0.5, 0.6) is 5.75 Å². The molecule has 0 saturated heterocycles. The molecule has 0 unspecified atom stereocenters. The Balaban J connectivity index is 1.85. The van der Waals surface area contributed by atoms with Crippen LogP contribution < -0.4 is 15.4 Å². The minimum atomic E-state index is -0.574. The number of anilines is 2. The third-order valence-electron chi connectivity index (χ3n) is 6.10. The highest BCUT2D eigenvalue weighted by Gasteiger charge is 2.23. The van der Waals surface area contributed by atoms with Gasteiger partial charge in [-0.25, -0.2) is 9.31 Å². The second-order valence-electron chi connectivity index (χ2n) is 9.48. The molecule has 9 nitrogen and oxygen atoms in total. The number of carbonyl (C=O) groups excluding carboxylic acids is 1. The quantitative estimate of drug-likeness (QED) is 0.227. The van der Waals surface area contributed by atoms with E-state index in [1.807, 2.05) is 77.0 Å². The van der Waals surface area contributed by atoms with Crippen LogP contribution in [0.3, 0.4) is 0 Å². The van der Waals surface area contributed by atoms with Crippen LogP contribution in [-0.2, 0) is 4.74 Å². The second kappa shape index (κ2) is 12.0. The summed E-state index contributed by atoms with van der Waals surface area (Å²) in [4.78, 5) is 14.5. The van der Waals surface area contributed by atoms with Gasteiger partial charge in [0.1, 0.15) is 18.4 Å². The Bertz CT molecular complexity index is 1450. The first-order valence-electron chi connectivity index (χ1n) is 11.9. The van der Waals surface area contributed by atoms with Crippen LogP contribution in [0.4, 0.5) is 16.2 Å². The fourth-order valence-electron chi connectivity index (χ4n) is 3.31. The van der Waals surface area contributed by atoms with E-state index in [4.69, 9.17) is 15.9 Å². The first-order valence-corrected chi connectivity index (χ1v) is 11.9. The maximum Gasteiger partial charge on any atom is 0.411 e. The Morgan fingerprint density at radius 3 is 2.58 bits per heavy atom. The minimum absolute atomic E-state index is 0.215. The molecule has 9 heteroatoms. The number of nitriles is 1. The van der Waals surface area contributed by atoms with Gasteiger partial charge < -0.3 is 19.7 Å². The molecule has 0 fully saturated rings. The van der Waals surface area contributed by atoms with E-state index in [1.165, 1.54) is 6.20 Å². The molecule has 2 heterocycles. The Morgan fingerprint density at radius 2 is 1.95 bits per heavy atom. The number of nitrogens with one attached hydrogen (secondary N) is 2. The van der Waals surface area contributed by atoms with E-state index in [-0.39, 0.29) is 12.1 Å². The van der Waals surface area contributed by atoms with Crippen molar-refractivity contribution in [3.05, 3.63) is 77.5 Å². The number of terminal acetylenes is 1. The van der Waals surface area contributed by atoms with Crippen molar-refractivity contribution in [2.75, 3.05) is 31.3 Å². The molecule has 3 aromatic rings. The Kier molecular flexibility index (Phi) is 8.80. The van der Waals surface area contributed by atoms with Gasteiger partial charge in [0.25, 0.3) is 0 Å². The van der Waals surface area contributed by atoms with Gasteiger partial charge in [0.15, 0.2) is 5.76 Å². The lowest BCUT2D eigenvalue weighted by Gasteiger charge is -2.31. The average Bonchev–Trinajstić information content (AvgIpc) is 3.21. The van der Waals surface area contributed by atoms with Gasteiger partial charge in [-0.3, -0.25) is 5.32 Å². The summed E-state index contributed by atoms with van der Waals surface area (Å²) in [6.45, 7) is 7.86. The molecule has 0 saturated carbocycles. The van der Waals surface area contributed by atoms with E-state index in [0.717, 1.165) is 5.56 Å². The number of aromatic nitrogens is 2. The van der Waals surface area contributed by atoms with E-state index in [0.29, 0.717) is 39.7 Å². The fourth-order valence-corrected chi connectivity index (χ4v) is 3.31. The van der Waals surface area contributed by atoms with Crippen LogP contribution in [0.1, 0.15) is 31.9 Å². The van der Waals surface area contributed by atoms with E-state index in [9.17, 15) is 10.1 Å². The number of carbonyl (C=O) groups is 1. The predicted octanol–water partition coefficient (Wildman–Crippen LogP) is 5.31. The van der Waals surface area contributed by atoms with Gasteiger partial charge in [0.05, 0.1) is 34.8 Å². The molecule has 0 spiro atoms. The zero-order valence-electron chi connectivity index (χ0n) is 22.5. The molecule has 0 atom stereocenters. The van der Waals surface area contributed by atoms with Crippen molar-refractivity contribution in [2.45, 2.75) is 33.2 Å². The molecule has 0 bridgehead atoms. The zero-order valence-corrected chi connectivity index (χ0v) is 22.5. The molecule has 0 radical (unpaired) electrons. The highest BCUT2D eigenvalue weighted by atomic mass is 16.5. The summed E-state index contributed by atoms with van der Waals surface area (Å²) >= 11 is 0. The number of para-hydroxylation sites is 1. The molecule has 1 aromatic carbocycles. The molecular weight excluding hydrogens is 480 g/mol. The van der Waals surface area contributed by atoms with Crippen molar-refractivity contribution in [3.8, 4) is 24.2 Å². The number of rotatable bonds is 9. The monoisotopic (exact) mass is 512 g/mol. The van der Waals surface area contributed by atoms with E-state index < -0.39 is 6.09 Å². The van der Waals surface area contributed by atoms with Crippen LogP contribution >= 0.6 is 0 Å². The summed E-state index contributed by atoms with van der Waals surface area (Å²) < 4.78 is 12.8. The number of ether oxygens (including phenoxy) is 2. The molecule has 2 N–H and O–H groups in total. The molecule has 2 aromatic heterocycles. The largest absolute Gasteiger partial charge is 0.448 e. The number of benzene rings is 1. The molecule has 0 aliphatic rings. The van der Waals surface area contributed by atoms with Gasteiger partial charge in [-0.15, -0.1) is 6.42 Å². The van der Waals surface area contributed by atoms with Crippen molar-refractivity contribution >= 4 is 23.0 Å². The van der Waals surface area contributed by atoms with E-state index >= 15 is 0 Å². The number of fused-ring (bicyclic) bond motifs is 1. The summed E-state index contributed by atoms with van der Waals surface area (Å²) in [5.41, 5.74) is 3.17. The van der Waals surface area contributed by atoms with Gasteiger partial charge in [-0.1, -0.05) is 18.2 Å². The maximum atomic E-state index is 12.5. The summed E-state index contributed by atoms with van der Waals surface area (Å²) in [7, 11) is 3.85. The Hall–Kier alpha value is -4.73. The predicted molar refractivity (Wildman–Crippen MR) is 149 cm³/mol. The summed E-state index contributed by atoms with van der Waals surface area (Å²) in [6.07, 6.45) is 11.6. The minimum Gasteiger partial charge on any atom is -0.448 e. The first kappa shape index (κ1) is 27.9. The van der Waals surface area contributed by atoms with Gasteiger partial charge >= 0.3 is 6.09 Å². The number of hydrogen-bond donors (Lipinski definition) is 2. The van der Waals surface area contributed by atoms with Crippen molar-refractivity contribution in [1.82, 2.24) is 14.5 Å². The highest BCUT2D eigenvalue weighted by Crippen LogP contribution is 2.31. The van der Waals surface area contributed by atoms with Gasteiger partial charge in [0, 0.05) is 16.8 Å². The smallest absolute Gasteiger partial charge is 0.411 e. The van der Waals surface area contributed by atoms with Gasteiger partial charge in [-0.2, -0.15) is 10.4 Å². The van der Waals surface area contributed by atoms with Gasteiger partial charge in [0.2, 0.25) is 0 Å². The molecule has 3 rings (SSSR count). The fraction of sp³-hybridized carbons (Fsp3) is 0.276. The Labute approximate surface area is 223 Å². The first-order chi connectivity index (χ1) is 18.1. The molecule has 0 aliphatic carbocycles. The van der Waals surface area contributed by atoms with Crippen molar-refractivity contribution in [3.63, 3.8) is 0 Å². The van der Waals surface area contributed by atoms with Crippen LogP contribution in [0.2, 0.25) is 0 Å².